The molecule has 2 amide bonds. The van der Waals surface area contributed by atoms with Gasteiger partial charge >= 0.3 is 18.2 Å². The van der Waals surface area contributed by atoms with Gasteiger partial charge in [0.25, 0.3) is 0 Å². The average Bonchev–Trinajstić information content (AvgIpc) is 2.58. The average molecular weight is 406 g/mol. The van der Waals surface area contributed by atoms with E-state index in [4.69, 9.17) is 9.47 Å². The van der Waals surface area contributed by atoms with E-state index in [9.17, 15) is 19.5 Å². The van der Waals surface area contributed by atoms with Crippen LogP contribution in [0.1, 0.15) is 39.2 Å². The number of hydrogen-bond donors (Lipinski definition) is 2. The van der Waals surface area contributed by atoms with Crippen molar-refractivity contribution in [2.24, 2.45) is 0 Å². The SMILES string of the molecule is CC(C)(C)OC(=O)N1C[C@]([Si])(NC(=O)OCc2ccccc2)CC[C@@H]1C(=O)O. The summed E-state index contributed by atoms with van der Waals surface area (Å²) in [5, 5.41) is 11.1. The molecule has 1 aliphatic rings. The molecule has 1 saturated heterocycles. The number of alkyl carbamates (subject to hydrolysis) is 1. The van der Waals surface area contributed by atoms with Crippen LogP contribution in [-0.2, 0) is 20.9 Å². The van der Waals surface area contributed by atoms with Gasteiger partial charge in [0.1, 0.15) is 18.2 Å². The number of carbonyl (C=O) groups excluding carboxylic acids is 2. The number of rotatable bonds is 4. The summed E-state index contributed by atoms with van der Waals surface area (Å²) in [6.07, 6.45) is -0.962. The zero-order valence-electron chi connectivity index (χ0n) is 16.2. The second-order valence-electron chi connectivity index (χ2n) is 7.77. The van der Waals surface area contributed by atoms with Crippen molar-refractivity contribution < 1.29 is 29.0 Å². The lowest BCUT2D eigenvalue weighted by Crippen LogP contribution is -2.64. The van der Waals surface area contributed by atoms with Crippen LogP contribution in [0, 0.1) is 0 Å². The highest BCUT2D eigenvalue weighted by Crippen LogP contribution is 2.26. The summed E-state index contributed by atoms with van der Waals surface area (Å²) in [7, 11) is 3.50. The Bertz CT molecular complexity index is 721. The molecule has 9 heteroatoms. The summed E-state index contributed by atoms with van der Waals surface area (Å²) in [6.45, 7) is 5.12. The fourth-order valence-corrected chi connectivity index (χ4v) is 3.26. The minimum atomic E-state index is -1.12. The predicted octanol–water partition coefficient (Wildman–Crippen LogP) is 2.26. The molecule has 28 heavy (non-hydrogen) atoms. The zero-order valence-corrected chi connectivity index (χ0v) is 17.2. The van der Waals surface area contributed by atoms with E-state index >= 15 is 0 Å². The Labute approximate surface area is 167 Å². The number of carboxylic acids is 1. The molecular weight excluding hydrogens is 380 g/mol. The molecule has 2 rings (SSSR count). The van der Waals surface area contributed by atoms with E-state index in [-0.39, 0.29) is 19.6 Å². The van der Waals surface area contributed by atoms with Crippen LogP contribution in [0.2, 0.25) is 0 Å². The number of piperidine rings is 1. The van der Waals surface area contributed by atoms with Crippen LogP contribution in [0.5, 0.6) is 0 Å². The van der Waals surface area contributed by atoms with E-state index in [2.05, 4.69) is 15.6 Å². The maximum atomic E-state index is 12.5. The zero-order chi connectivity index (χ0) is 20.9. The topological polar surface area (TPSA) is 105 Å². The molecule has 1 heterocycles. The number of ether oxygens (including phenoxy) is 2. The summed E-state index contributed by atoms with van der Waals surface area (Å²) < 4.78 is 10.5. The Kier molecular flexibility index (Phi) is 6.71. The van der Waals surface area contributed by atoms with E-state index in [0.29, 0.717) is 6.42 Å². The van der Waals surface area contributed by atoms with E-state index < -0.39 is 35.0 Å². The normalized spacial score (nSPS) is 22.3. The van der Waals surface area contributed by atoms with Gasteiger partial charge in [-0.3, -0.25) is 4.90 Å². The van der Waals surface area contributed by atoms with Gasteiger partial charge in [0.05, 0.1) is 10.2 Å². The molecule has 1 aromatic rings. The molecule has 1 aliphatic heterocycles. The Morgan fingerprint density at radius 1 is 1.29 bits per heavy atom. The molecule has 1 aromatic carbocycles. The lowest BCUT2D eigenvalue weighted by molar-refractivity contribution is -0.144. The largest absolute Gasteiger partial charge is 0.480 e. The summed E-state index contributed by atoms with van der Waals surface area (Å²) in [5.41, 5.74) is 0.0687. The number of amides is 2. The fraction of sp³-hybridized carbons (Fsp3) is 0.526. The highest BCUT2D eigenvalue weighted by Gasteiger charge is 2.44. The fourth-order valence-electron chi connectivity index (χ4n) is 2.84. The van der Waals surface area contributed by atoms with Crippen LogP contribution in [0.4, 0.5) is 9.59 Å². The third-order valence-electron chi connectivity index (χ3n) is 4.13. The van der Waals surface area contributed by atoms with Crippen molar-refractivity contribution in [3.8, 4) is 0 Å². The molecule has 8 nitrogen and oxygen atoms in total. The van der Waals surface area contributed by atoms with Gasteiger partial charge < -0.3 is 19.9 Å². The van der Waals surface area contributed by atoms with Crippen LogP contribution >= 0.6 is 0 Å². The van der Waals surface area contributed by atoms with E-state index in [1.165, 1.54) is 0 Å². The number of hydrogen-bond acceptors (Lipinski definition) is 5. The van der Waals surface area contributed by atoms with E-state index in [1.54, 1.807) is 20.8 Å². The molecule has 0 spiro atoms. The Morgan fingerprint density at radius 3 is 2.50 bits per heavy atom. The van der Waals surface area contributed by atoms with Gasteiger partial charge in [-0.1, -0.05) is 30.3 Å². The maximum Gasteiger partial charge on any atom is 0.411 e. The van der Waals surface area contributed by atoms with Crippen molar-refractivity contribution in [1.29, 1.82) is 0 Å². The van der Waals surface area contributed by atoms with Gasteiger partial charge in [-0.25, -0.2) is 14.4 Å². The Balaban J connectivity index is 2.02. The number of nitrogens with one attached hydrogen (secondary N) is 1. The number of likely N-dealkylation sites (tertiary alicyclic amines) is 1. The molecule has 2 N–H and O–H groups in total. The molecule has 0 bridgehead atoms. The monoisotopic (exact) mass is 405 g/mol. The molecule has 0 saturated carbocycles. The van der Waals surface area contributed by atoms with Crippen LogP contribution in [0.25, 0.3) is 0 Å². The minimum Gasteiger partial charge on any atom is -0.480 e. The summed E-state index contributed by atoms with van der Waals surface area (Å²) >= 11 is 0. The second kappa shape index (κ2) is 8.64. The van der Waals surface area contributed by atoms with Crippen LogP contribution in [-0.4, -0.2) is 61.8 Å². The maximum absolute atomic E-state index is 12.5. The first-order chi connectivity index (χ1) is 13.0. The molecule has 0 aliphatic carbocycles. The quantitative estimate of drug-likeness (QED) is 0.745. The third kappa shape index (κ3) is 6.26. The van der Waals surface area contributed by atoms with Gasteiger partial charge in [0.2, 0.25) is 0 Å². The van der Waals surface area contributed by atoms with Crippen LogP contribution < -0.4 is 5.32 Å². The van der Waals surface area contributed by atoms with Crippen molar-refractivity contribution in [1.82, 2.24) is 10.2 Å². The van der Waals surface area contributed by atoms with Gasteiger partial charge in [-0.05, 0) is 39.2 Å². The highest BCUT2D eigenvalue weighted by atomic mass is 28.1. The number of aliphatic carboxylic acids is 1. The first-order valence-corrected chi connectivity index (χ1v) is 9.45. The molecule has 0 aromatic heterocycles. The molecule has 0 unspecified atom stereocenters. The number of carboxylic acid groups (broad SMARTS) is 1. The first-order valence-electron chi connectivity index (χ1n) is 8.95. The van der Waals surface area contributed by atoms with Gasteiger partial charge in [0.15, 0.2) is 0 Å². The van der Waals surface area contributed by atoms with Crippen molar-refractivity contribution in [2.45, 2.75) is 57.0 Å². The van der Waals surface area contributed by atoms with E-state index in [0.717, 1.165) is 10.5 Å². The van der Waals surface area contributed by atoms with Crippen LogP contribution in [0.3, 0.4) is 0 Å². The van der Waals surface area contributed by atoms with Crippen molar-refractivity contribution in [3.05, 3.63) is 35.9 Å². The molecule has 2 atom stereocenters. The lowest BCUT2D eigenvalue weighted by atomic mass is 9.98. The second-order valence-corrected chi connectivity index (χ2v) is 8.73. The predicted molar refractivity (Wildman–Crippen MR) is 102 cm³/mol. The van der Waals surface area contributed by atoms with Gasteiger partial charge in [0, 0.05) is 11.7 Å². The Morgan fingerprint density at radius 2 is 1.93 bits per heavy atom. The summed E-state index contributed by atoms with van der Waals surface area (Å²) in [6, 6.07) is 8.19. The van der Waals surface area contributed by atoms with E-state index in [1.807, 2.05) is 30.3 Å². The Hall–Kier alpha value is -2.55. The molecule has 151 valence electrons. The summed E-state index contributed by atoms with van der Waals surface area (Å²) in [5.74, 6) is -1.12. The van der Waals surface area contributed by atoms with Crippen molar-refractivity contribution in [3.63, 3.8) is 0 Å². The minimum absolute atomic E-state index is 0.0732. The number of carbonyl (C=O) groups is 3. The number of benzene rings is 1. The van der Waals surface area contributed by atoms with Crippen molar-refractivity contribution >= 4 is 28.4 Å². The summed E-state index contributed by atoms with van der Waals surface area (Å²) in [4.78, 5) is 37.3. The standard InChI is InChI=1S/C19H25N2O6Si/c1-18(2,3)27-17(25)21-12-19(28,10-9-14(21)15(22)23)20-16(24)26-11-13-7-5-4-6-8-13/h4-8,14H,9-12H2,1-3H3,(H,20,24)(H,22,23)/t14-,19+/m1/s1. The number of nitrogens with zero attached hydrogens (tertiary/aromatic N) is 1. The van der Waals surface area contributed by atoms with Crippen LogP contribution in [0.15, 0.2) is 30.3 Å². The molecule has 1 fully saturated rings. The van der Waals surface area contributed by atoms with Gasteiger partial charge in [-0.15, -0.1) is 0 Å². The van der Waals surface area contributed by atoms with Crippen molar-refractivity contribution in [2.75, 3.05) is 6.54 Å². The lowest BCUT2D eigenvalue weighted by Gasteiger charge is -2.43. The molecular formula is C19H25N2O6Si. The smallest absolute Gasteiger partial charge is 0.411 e. The van der Waals surface area contributed by atoms with Gasteiger partial charge in [-0.2, -0.15) is 0 Å². The first kappa shape index (κ1) is 21.7. The molecule has 3 radical (unpaired) electrons. The highest BCUT2D eigenvalue weighted by molar-refractivity contribution is 6.17. The third-order valence-corrected chi connectivity index (χ3v) is 4.66.